The molecule has 20 aromatic rings. The van der Waals surface area contributed by atoms with Crippen molar-refractivity contribution >= 4 is 141 Å². The number of nitrogens with zero attached hydrogens (tertiary/aromatic N) is 5. The molecule has 5 heterocycles. The van der Waals surface area contributed by atoms with Gasteiger partial charge in [-0.15, -0.1) is 123 Å². The van der Waals surface area contributed by atoms with Gasteiger partial charge in [-0.3, -0.25) is 4.98 Å². The van der Waals surface area contributed by atoms with E-state index in [1.165, 1.54) is 147 Å². The van der Waals surface area contributed by atoms with Crippen LogP contribution in [0.15, 0.2) is 291 Å². The first-order valence-corrected chi connectivity index (χ1v) is 31.9. The number of benzene rings is 15. The van der Waals surface area contributed by atoms with E-state index >= 15 is 0 Å². The summed E-state index contributed by atoms with van der Waals surface area (Å²) in [4.78, 5) is 4.48. The largest absolute Gasteiger partial charge is 0.384 e. The number of hydrogen-bond acceptors (Lipinski definition) is 1. The molecule has 0 atom stereocenters. The number of rotatable bonds is 3. The van der Waals surface area contributed by atoms with Gasteiger partial charge in [0.15, 0.2) is 0 Å². The van der Waals surface area contributed by atoms with Crippen LogP contribution in [0.4, 0.5) is 0 Å². The molecule has 464 valence electrons. The molecule has 5 nitrogen and oxygen atoms in total. The number of pyridine rings is 1. The van der Waals surface area contributed by atoms with E-state index in [1.54, 1.807) is 0 Å². The Morgan fingerprint density at radius 3 is 1.25 bits per heavy atom. The SMILES string of the molecule is Cn1c2cc[c-]cc2c2c[c-]c3ccccc3c21.Cn1c2ccc(-c3ccccn3)cc2c2c[c-]c3ccccc3c21.Cn1c2ccccc2c2c[c-]c3cc(-c4cccc5ccccc45)ccc3c21.Cn1c2ccccc2c2c[c-]c3cc(-c4ccccc4)ccc3c21.[Y].[Y].[Y].[Y].[Y].[Y]. The van der Waals surface area contributed by atoms with Gasteiger partial charge in [0.05, 0.1) is 5.69 Å². The van der Waals surface area contributed by atoms with Gasteiger partial charge in [-0.2, -0.15) is 18.2 Å². The average molecular weight is 1730 g/mol. The number of aryl methyl sites for hydroxylation is 4. The monoisotopic (exact) mass is 1730 g/mol. The zero-order valence-electron chi connectivity index (χ0n) is 55.9. The van der Waals surface area contributed by atoms with Gasteiger partial charge >= 0.3 is 0 Å². The Morgan fingerprint density at radius 2 is 0.680 bits per heavy atom. The molecule has 5 aromatic heterocycles. The maximum Gasteiger partial charge on any atom is 0.0701 e. The normalized spacial score (nSPS) is 10.9. The van der Waals surface area contributed by atoms with Crippen molar-refractivity contribution in [2.45, 2.75) is 0 Å². The number of para-hydroxylation sites is 2. The fourth-order valence-electron chi connectivity index (χ4n) is 14.7. The Balaban J connectivity index is 0.000000133. The summed E-state index contributed by atoms with van der Waals surface area (Å²) < 4.78 is 9.14. The molecule has 20 rings (SSSR count). The molecular formula is C89H60N5Y6-5. The molecule has 0 amide bonds. The van der Waals surface area contributed by atoms with Gasteiger partial charge in [-0.25, -0.2) is 0 Å². The van der Waals surface area contributed by atoms with Gasteiger partial charge in [-0.05, 0) is 90.5 Å². The fraction of sp³-hybridized carbons (Fsp3) is 0.0449. The van der Waals surface area contributed by atoms with Crippen LogP contribution in [0.2, 0.25) is 0 Å². The van der Waals surface area contributed by atoms with Gasteiger partial charge in [0.1, 0.15) is 0 Å². The summed E-state index contributed by atoms with van der Waals surface area (Å²) >= 11 is 0. The molecule has 0 unspecified atom stereocenters. The minimum Gasteiger partial charge on any atom is -0.384 e. The van der Waals surface area contributed by atoms with Crippen LogP contribution in [0.1, 0.15) is 0 Å². The van der Waals surface area contributed by atoms with Crippen LogP contribution in [-0.4, -0.2) is 23.3 Å². The topological polar surface area (TPSA) is 32.6 Å². The van der Waals surface area contributed by atoms with Crippen molar-refractivity contribution in [2.24, 2.45) is 28.2 Å². The van der Waals surface area contributed by atoms with Crippen molar-refractivity contribution < 1.29 is 196 Å². The van der Waals surface area contributed by atoms with Crippen LogP contribution < -0.4 is 0 Å². The van der Waals surface area contributed by atoms with E-state index in [2.05, 4.69) is 343 Å². The predicted octanol–water partition coefficient (Wildman–Crippen LogP) is 22.5. The molecule has 0 saturated heterocycles. The van der Waals surface area contributed by atoms with Crippen molar-refractivity contribution in [3.8, 4) is 33.5 Å². The molecule has 0 spiro atoms. The van der Waals surface area contributed by atoms with Crippen LogP contribution in [0, 0.1) is 30.3 Å². The van der Waals surface area contributed by atoms with Crippen LogP contribution in [-0.2, 0) is 224 Å². The number of aromatic nitrogens is 5. The van der Waals surface area contributed by atoms with Crippen LogP contribution in [0.3, 0.4) is 0 Å². The van der Waals surface area contributed by atoms with Crippen LogP contribution in [0.5, 0.6) is 0 Å². The summed E-state index contributed by atoms with van der Waals surface area (Å²) in [6, 6.07) is 117. The number of fused-ring (bicyclic) bond motifs is 21. The second-order valence-electron chi connectivity index (χ2n) is 24.4. The van der Waals surface area contributed by atoms with E-state index in [9.17, 15) is 0 Å². The van der Waals surface area contributed by atoms with Gasteiger partial charge in [-0.1, -0.05) is 230 Å². The third kappa shape index (κ3) is 13.8. The Morgan fingerprint density at radius 1 is 0.260 bits per heavy atom. The Bertz CT molecular complexity index is 6370. The molecule has 0 fully saturated rings. The van der Waals surface area contributed by atoms with Crippen molar-refractivity contribution in [2.75, 3.05) is 0 Å². The Kier molecular flexibility index (Phi) is 24.8. The summed E-state index contributed by atoms with van der Waals surface area (Å²) in [5.41, 5.74) is 17.2. The minimum absolute atomic E-state index is 0. The number of hydrogen-bond donors (Lipinski definition) is 0. The van der Waals surface area contributed by atoms with E-state index in [0.29, 0.717) is 0 Å². The minimum atomic E-state index is 0. The van der Waals surface area contributed by atoms with Crippen molar-refractivity contribution in [1.82, 2.24) is 23.3 Å². The first kappa shape index (κ1) is 75.7. The van der Waals surface area contributed by atoms with E-state index in [-0.39, 0.29) is 196 Å². The zero-order valence-corrected chi connectivity index (χ0v) is 72.9. The van der Waals surface area contributed by atoms with Gasteiger partial charge in [0.25, 0.3) is 0 Å². The average Bonchev–Trinajstić information content (AvgIpc) is 1.66. The molecule has 0 aliphatic rings. The maximum atomic E-state index is 4.48. The van der Waals surface area contributed by atoms with E-state index in [0.717, 1.165) is 27.4 Å². The van der Waals surface area contributed by atoms with E-state index in [1.807, 2.05) is 30.5 Å². The van der Waals surface area contributed by atoms with Crippen molar-refractivity contribution in [3.05, 3.63) is 322 Å². The maximum absolute atomic E-state index is 4.48. The van der Waals surface area contributed by atoms with Gasteiger partial charge in [0, 0.05) is 253 Å². The summed E-state index contributed by atoms with van der Waals surface area (Å²) in [5, 5.41) is 22.3. The first-order chi connectivity index (χ1) is 46.3. The Hall–Kier alpha value is -5.43. The second kappa shape index (κ2) is 32.7. The van der Waals surface area contributed by atoms with Crippen molar-refractivity contribution in [1.29, 1.82) is 0 Å². The third-order valence-electron chi connectivity index (χ3n) is 19.2. The molecule has 0 bridgehead atoms. The molecule has 0 aliphatic carbocycles. The molecule has 0 aliphatic heterocycles. The second-order valence-corrected chi connectivity index (χ2v) is 24.4. The summed E-state index contributed by atoms with van der Waals surface area (Å²) in [5.74, 6) is 0. The van der Waals surface area contributed by atoms with E-state index < -0.39 is 0 Å². The standard InChI is InChI=1S/C27H18N.C23H16N.C22H15N2.C17H11N.6Y/c1-28-26-12-5-4-10-24(26)25-16-14-20-17-19(13-15-23(20)27(25)28)22-11-6-8-18-7-2-3-9-21(18)22;1-24-22-10-6-5-9-20(22)21-14-12-18-15-17(11-13-19(18)23(21)24)16-7-3-2-4-8-16;1-24-21-12-10-16(20-8-4-5-13-23-20)14-19(21)18-11-9-15-6-2-3-7-17(15)22(18)24;1-18-16-9-5-4-8-14(16)15-11-10-12-6-2-3-7-13(12)17(15)18;;;;;;/h2-13,15-17H,1H3;2-11,13-15H,1H3;2-8,10-14H,1H3;2-3,5-9,11H,1H3;;;;;;/q3*-1;-2;;;;;;. The van der Waals surface area contributed by atoms with Gasteiger partial charge < -0.3 is 18.3 Å². The summed E-state index contributed by atoms with van der Waals surface area (Å²) in [7, 11) is 8.56. The van der Waals surface area contributed by atoms with E-state index in [4.69, 9.17) is 0 Å². The van der Waals surface area contributed by atoms with Crippen LogP contribution >= 0.6 is 0 Å². The molecule has 15 aromatic carbocycles. The van der Waals surface area contributed by atoms with Crippen LogP contribution in [0.25, 0.3) is 175 Å². The Labute approximate surface area is 732 Å². The predicted molar refractivity (Wildman–Crippen MR) is 398 cm³/mol. The molecule has 6 radical (unpaired) electrons. The quantitative estimate of drug-likeness (QED) is 0.162. The molecule has 11 heteroatoms. The zero-order chi connectivity index (χ0) is 63.0. The summed E-state index contributed by atoms with van der Waals surface area (Å²) in [6.07, 6.45) is 1.84. The molecule has 0 N–H and O–H groups in total. The molecule has 100 heavy (non-hydrogen) atoms. The summed E-state index contributed by atoms with van der Waals surface area (Å²) in [6.45, 7) is 0. The third-order valence-corrected chi connectivity index (χ3v) is 19.2. The fourth-order valence-corrected chi connectivity index (χ4v) is 14.7. The molecule has 0 saturated carbocycles. The smallest absolute Gasteiger partial charge is 0.0701 e. The van der Waals surface area contributed by atoms with Crippen molar-refractivity contribution in [3.63, 3.8) is 0 Å². The first-order valence-electron chi connectivity index (χ1n) is 31.9. The van der Waals surface area contributed by atoms with Gasteiger partial charge in [0.2, 0.25) is 0 Å². The molecular weight excluding hydrogens is 1670 g/mol.